The van der Waals surface area contributed by atoms with Crippen LogP contribution in [0.5, 0.6) is 0 Å². The molecule has 2 atom stereocenters. The van der Waals surface area contributed by atoms with Gasteiger partial charge in [0.25, 0.3) is 0 Å². The molecule has 0 radical (unpaired) electrons. The van der Waals surface area contributed by atoms with Crippen molar-refractivity contribution >= 4 is 46.5 Å². The van der Waals surface area contributed by atoms with Gasteiger partial charge in [-0.05, 0) is 42.2 Å². The van der Waals surface area contributed by atoms with Gasteiger partial charge in [-0.25, -0.2) is 29.2 Å². The summed E-state index contributed by atoms with van der Waals surface area (Å²) in [6, 6.07) is 10.5. The topological polar surface area (TPSA) is 118 Å². The van der Waals surface area contributed by atoms with Crippen LogP contribution in [-0.2, 0) is 19.2 Å². The second-order valence-corrected chi connectivity index (χ2v) is 8.90. The zero-order chi connectivity index (χ0) is 23.6. The molecular weight excluding hydrogens is 408 g/mol. The molecule has 1 aliphatic rings. The van der Waals surface area contributed by atoms with E-state index in [2.05, 4.69) is 40.7 Å². The number of rotatable bonds is 5. The summed E-state index contributed by atoms with van der Waals surface area (Å²) in [7, 11) is 0. The molecule has 2 aromatic rings. The molecule has 0 aromatic heterocycles. The smallest absolute Gasteiger partial charge is 0.211 e. The molecule has 0 aliphatic heterocycles. The Morgan fingerprint density at radius 2 is 1.38 bits per heavy atom. The van der Waals surface area contributed by atoms with Crippen LogP contribution in [0.2, 0.25) is 0 Å². The summed E-state index contributed by atoms with van der Waals surface area (Å²) in [5.74, 6) is 0. The maximum absolute atomic E-state index is 10.3. The minimum atomic E-state index is -0.0653. The fourth-order valence-electron chi connectivity index (χ4n) is 4.66. The van der Waals surface area contributed by atoms with Crippen LogP contribution in [0.15, 0.2) is 56.4 Å². The standard InChI is InChI=1S/C12H6N2O2.C12H18N2O2/c15-7-13-11-5-1-3-9-10(11)4-2-6-12(9)14-8-16;1-11(2)4-10(14-9-16)5-12(3,6-11)7-13-8-15/h1-6H;10H,4-7H2,1-3H3. The minimum absolute atomic E-state index is 0.00750. The van der Waals surface area contributed by atoms with Crippen molar-refractivity contribution in [3.8, 4) is 0 Å². The van der Waals surface area contributed by atoms with Crippen LogP contribution in [-0.4, -0.2) is 36.9 Å². The van der Waals surface area contributed by atoms with Crippen LogP contribution < -0.4 is 0 Å². The first-order chi connectivity index (χ1) is 15.3. The summed E-state index contributed by atoms with van der Waals surface area (Å²) in [6.07, 6.45) is 8.87. The molecule has 0 saturated heterocycles. The van der Waals surface area contributed by atoms with E-state index in [0.717, 1.165) is 30.0 Å². The van der Waals surface area contributed by atoms with Gasteiger partial charge in [0, 0.05) is 10.8 Å². The molecule has 1 aliphatic carbocycles. The zero-order valence-corrected chi connectivity index (χ0v) is 18.3. The maximum atomic E-state index is 10.3. The zero-order valence-electron chi connectivity index (χ0n) is 18.3. The van der Waals surface area contributed by atoms with E-state index in [9.17, 15) is 19.2 Å². The molecule has 0 N–H and O–H groups in total. The Morgan fingerprint density at radius 1 is 0.812 bits per heavy atom. The van der Waals surface area contributed by atoms with Crippen molar-refractivity contribution in [3.05, 3.63) is 36.4 Å². The van der Waals surface area contributed by atoms with Gasteiger partial charge in [0.1, 0.15) is 0 Å². The van der Waals surface area contributed by atoms with E-state index in [1.165, 1.54) is 12.2 Å². The van der Waals surface area contributed by atoms with E-state index < -0.39 is 0 Å². The largest absolute Gasteiger partial charge is 0.240 e. The molecule has 8 heteroatoms. The molecule has 8 nitrogen and oxygen atoms in total. The van der Waals surface area contributed by atoms with Crippen molar-refractivity contribution < 1.29 is 19.2 Å². The van der Waals surface area contributed by atoms with E-state index in [1.54, 1.807) is 48.6 Å². The summed E-state index contributed by atoms with van der Waals surface area (Å²) in [6.45, 7) is 6.86. The number of aliphatic imine (C=N–C) groups is 4. The van der Waals surface area contributed by atoms with Crippen LogP contribution in [0.4, 0.5) is 11.4 Å². The summed E-state index contributed by atoms with van der Waals surface area (Å²) in [4.78, 5) is 55.7. The number of fused-ring (bicyclic) bond motifs is 1. The Balaban J connectivity index is 0.000000227. The van der Waals surface area contributed by atoms with E-state index in [0.29, 0.717) is 17.9 Å². The molecule has 2 aromatic carbocycles. The van der Waals surface area contributed by atoms with Crippen molar-refractivity contribution in [3.63, 3.8) is 0 Å². The SMILES string of the molecule is CC1(C)CC(N=C=O)CC(C)(CN=C=O)C1.O=C=Nc1cccc2c(N=C=O)cccc12. The lowest BCUT2D eigenvalue weighted by Crippen LogP contribution is -2.39. The van der Waals surface area contributed by atoms with Gasteiger partial charge in [0.05, 0.1) is 24.0 Å². The molecule has 1 fully saturated rings. The van der Waals surface area contributed by atoms with Crippen LogP contribution >= 0.6 is 0 Å². The Hall–Kier alpha value is -3.78. The molecule has 0 heterocycles. The Morgan fingerprint density at radius 3 is 1.84 bits per heavy atom. The number of nitrogens with zero attached hydrogens (tertiary/aromatic N) is 4. The van der Waals surface area contributed by atoms with Gasteiger partial charge in [-0.2, -0.15) is 9.98 Å². The molecule has 0 bridgehead atoms. The molecule has 2 unspecified atom stereocenters. The highest BCUT2D eigenvalue weighted by Crippen LogP contribution is 2.47. The highest BCUT2D eigenvalue weighted by molar-refractivity contribution is 6.00. The Bertz CT molecular complexity index is 1110. The number of carbonyl (C=O) groups excluding carboxylic acids is 4. The van der Waals surface area contributed by atoms with Gasteiger partial charge in [0.2, 0.25) is 24.3 Å². The fraction of sp³-hybridized carbons (Fsp3) is 0.417. The first-order valence-electron chi connectivity index (χ1n) is 10.1. The maximum Gasteiger partial charge on any atom is 0.240 e. The minimum Gasteiger partial charge on any atom is -0.211 e. The summed E-state index contributed by atoms with van der Waals surface area (Å²) in [5.41, 5.74) is 1.08. The average molecular weight is 432 g/mol. The lowest BCUT2D eigenvalue weighted by Gasteiger charge is -2.44. The first-order valence-corrected chi connectivity index (χ1v) is 10.1. The number of isocyanates is 4. The lowest BCUT2D eigenvalue weighted by molar-refractivity contribution is 0.0915. The molecule has 32 heavy (non-hydrogen) atoms. The predicted molar refractivity (Wildman–Crippen MR) is 120 cm³/mol. The number of benzene rings is 2. The van der Waals surface area contributed by atoms with E-state index in [1.807, 2.05) is 0 Å². The van der Waals surface area contributed by atoms with Gasteiger partial charge < -0.3 is 0 Å². The quantitative estimate of drug-likeness (QED) is 0.487. The summed E-state index contributed by atoms with van der Waals surface area (Å²) in [5, 5.41) is 1.50. The van der Waals surface area contributed by atoms with Crippen molar-refractivity contribution in [1.29, 1.82) is 0 Å². The summed E-state index contributed by atoms with van der Waals surface area (Å²) < 4.78 is 0. The first kappa shape index (κ1) is 24.5. The third kappa shape index (κ3) is 6.61. The third-order valence-electron chi connectivity index (χ3n) is 5.39. The predicted octanol–water partition coefficient (Wildman–Crippen LogP) is 5.02. The monoisotopic (exact) mass is 432 g/mol. The molecule has 0 amide bonds. The van der Waals surface area contributed by atoms with Gasteiger partial charge in [-0.1, -0.05) is 45.0 Å². The van der Waals surface area contributed by atoms with Crippen LogP contribution in [0, 0.1) is 10.8 Å². The fourth-order valence-corrected chi connectivity index (χ4v) is 4.66. The second-order valence-electron chi connectivity index (χ2n) is 8.90. The normalized spacial score (nSPS) is 20.8. The highest BCUT2D eigenvalue weighted by atomic mass is 16.1. The molecule has 0 spiro atoms. The van der Waals surface area contributed by atoms with Crippen molar-refractivity contribution in [2.45, 2.75) is 46.1 Å². The van der Waals surface area contributed by atoms with Crippen molar-refractivity contribution in [2.75, 3.05) is 6.54 Å². The number of hydrogen-bond acceptors (Lipinski definition) is 8. The lowest BCUT2D eigenvalue weighted by atomic mass is 9.63. The average Bonchev–Trinajstić information content (AvgIpc) is 2.73. The van der Waals surface area contributed by atoms with Crippen molar-refractivity contribution in [2.24, 2.45) is 30.8 Å². The summed E-state index contributed by atoms with van der Waals surface area (Å²) >= 11 is 0. The van der Waals surface area contributed by atoms with E-state index in [4.69, 9.17) is 0 Å². The third-order valence-corrected chi connectivity index (χ3v) is 5.39. The molecular formula is C24H24N4O4. The van der Waals surface area contributed by atoms with Crippen LogP contribution in [0.3, 0.4) is 0 Å². The van der Waals surface area contributed by atoms with Gasteiger partial charge >= 0.3 is 0 Å². The van der Waals surface area contributed by atoms with Crippen LogP contribution in [0.1, 0.15) is 40.0 Å². The van der Waals surface area contributed by atoms with Crippen LogP contribution in [0.25, 0.3) is 10.8 Å². The van der Waals surface area contributed by atoms with Gasteiger partial charge in [-0.3, -0.25) is 0 Å². The Labute approximate surface area is 185 Å². The number of hydrogen-bond donors (Lipinski definition) is 0. The van der Waals surface area contributed by atoms with E-state index in [-0.39, 0.29) is 16.9 Å². The van der Waals surface area contributed by atoms with Gasteiger partial charge in [0.15, 0.2) is 0 Å². The molecule has 3 rings (SSSR count). The second kappa shape index (κ2) is 11.0. The molecule has 164 valence electrons. The highest BCUT2D eigenvalue weighted by Gasteiger charge is 2.41. The molecule has 1 saturated carbocycles. The van der Waals surface area contributed by atoms with E-state index >= 15 is 0 Å². The van der Waals surface area contributed by atoms with Gasteiger partial charge in [-0.15, -0.1) is 0 Å². The van der Waals surface area contributed by atoms with Crippen molar-refractivity contribution in [1.82, 2.24) is 0 Å². The Kier molecular flexibility index (Phi) is 8.43.